The fraction of sp³-hybridized carbons (Fsp3) is 0.0577. The van der Waals surface area contributed by atoms with Gasteiger partial charge in [-0.2, -0.15) is 9.50 Å². The summed E-state index contributed by atoms with van der Waals surface area (Å²) in [4.78, 5) is 10.4. The van der Waals surface area contributed by atoms with Crippen molar-refractivity contribution in [2.45, 2.75) is 19.3 Å². The molecule has 0 radical (unpaired) electrons. The quantitative estimate of drug-likeness (QED) is 0.182. The molecule has 2 aliphatic carbocycles. The zero-order valence-corrected chi connectivity index (χ0v) is 31.3. The van der Waals surface area contributed by atoms with E-state index in [-0.39, 0.29) is 5.41 Å². The Morgan fingerprint density at radius 3 is 1.93 bits per heavy atom. The monoisotopic (exact) mass is 727 g/mol. The van der Waals surface area contributed by atoms with Gasteiger partial charge in [0.1, 0.15) is 0 Å². The number of hydrogen-bond donors (Lipinski definition) is 0. The van der Waals surface area contributed by atoms with Gasteiger partial charge in [-0.05, 0) is 97.7 Å². The number of fused-ring (bicyclic) bond motifs is 9. The molecule has 266 valence electrons. The van der Waals surface area contributed by atoms with Crippen molar-refractivity contribution in [3.05, 3.63) is 175 Å². The van der Waals surface area contributed by atoms with E-state index < -0.39 is 0 Å². The summed E-state index contributed by atoms with van der Waals surface area (Å²) >= 11 is 0. The number of aromatic nitrogens is 5. The number of para-hydroxylation sites is 1. The van der Waals surface area contributed by atoms with E-state index in [4.69, 9.17) is 15.1 Å². The molecule has 13 rings (SSSR count). The van der Waals surface area contributed by atoms with Gasteiger partial charge in [0, 0.05) is 38.4 Å². The number of benzene rings is 8. The van der Waals surface area contributed by atoms with Crippen LogP contribution in [-0.4, -0.2) is 24.1 Å². The Kier molecular flexibility index (Phi) is 5.91. The van der Waals surface area contributed by atoms with E-state index in [1.165, 1.54) is 77.1 Å². The molecular weight excluding hydrogens is 695 g/mol. The molecule has 11 aromatic rings. The maximum Gasteiger partial charge on any atom is 0.253 e. The van der Waals surface area contributed by atoms with Crippen LogP contribution in [0.3, 0.4) is 0 Å². The molecule has 0 N–H and O–H groups in total. The molecule has 0 bridgehead atoms. The third-order valence-electron chi connectivity index (χ3n) is 12.7. The summed E-state index contributed by atoms with van der Waals surface area (Å²) in [6.45, 7) is 4.64. The molecule has 0 saturated carbocycles. The average molecular weight is 728 g/mol. The molecule has 57 heavy (non-hydrogen) atoms. The van der Waals surface area contributed by atoms with Crippen molar-refractivity contribution in [1.29, 1.82) is 0 Å². The van der Waals surface area contributed by atoms with E-state index in [2.05, 4.69) is 182 Å². The molecule has 0 saturated heterocycles. The van der Waals surface area contributed by atoms with Crippen LogP contribution in [0.2, 0.25) is 0 Å². The first kappa shape index (κ1) is 30.9. The highest BCUT2D eigenvalue weighted by Gasteiger charge is 2.37. The zero-order valence-electron chi connectivity index (χ0n) is 31.3. The van der Waals surface area contributed by atoms with Crippen molar-refractivity contribution in [1.82, 2.24) is 24.1 Å². The van der Waals surface area contributed by atoms with Gasteiger partial charge in [0.15, 0.2) is 5.82 Å². The topological polar surface area (TPSA) is 48.0 Å². The third-order valence-corrected chi connectivity index (χ3v) is 12.7. The predicted molar refractivity (Wildman–Crippen MR) is 233 cm³/mol. The SMILES string of the molecule is CC1(C)c2ccccc2-c2c(-c3nc4nc(-c5ccc(-n6c7cccc8c7c7c9c(cccc9ccc76)-c6ccccc6-8)cc5)nn4c4ccccc34)cccc21. The van der Waals surface area contributed by atoms with E-state index in [0.717, 1.165) is 33.4 Å². The maximum absolute atomic E-state index is 5.29. The van der Waals surface area contributed by atoms with Crippen molar-refractivity contribution in [2.24, 2.45) is 0 Å². The minimum Gasteiger partial charge on any atom is -0.309 e. The van der Waals surface area contributed by atoms with Crippen LogP contribution in [0.25, 0.3) is 111 Å². The van der Waals surface area contributed by atoms with Gasteiger partial charge < -0.3 is 4.57 Å². The second-order valence-corrected chi connectivity index (χ2v) is 16.0. The van der Waals surface area contributed by atoms with Crippen LogP contribution < -0.4 is 0 Å². The van der Waals surface area contributed by atoms with E-state index in [1.54, 1.807) is 0 Å². The van der Waals surface area contributed by atoms with Crippen LogP contribution in [-0.2, 0) is 5.41 Å². The molecule has 2 aliphatic rings. The first-order valence-electron chi connectivity index (χ1n) is 19.6. The Morgan fingerprint density at radius 2 is 1.09 bits per heavy atom. The molecule has 0 unspecified atom stereocenters. The Bertz CT molecular complexity index is 3550. The molecular formula is C52H33N5. The molecule has 8 aromatic carbocycles. The first-order valence-corrected chi connectivity index (χ1v) is 19.6. The molecule has 3 aromatic heterocycles. The summed E-state index contributed by atoms with van der Waals surface area (Å²) in [6.07, 6.45) is 0. The van der Waals surface area contributed by atoms with Crippen molar-refractivity contribution in [3.8, 4) is 61.7 Å². The summed E-state index contributed by atoms with van der Waals surface area (Å²) in [7, 11) is 0. The van der Waals surface area contributed by atoms with Gasteiger partial charge >= 0.3 is 0 Å². The molecule has 0 atom stereocenters. The van der Waals surface area contributed by atoms with Crippen molar-refractivity contribution in [2.75, 3.05) is 0 Å². The summed E-state index contributed by atoms with van der Waals surface area (Å²) < 4.78 is 4.31. The fourth-order valence-electron chi connectivity index (χ4n) is 10.2. The lowest BCUT2D eigenvalue weighted by atomic mass is 9.82. The van der Waals surface area contributed by atoms with Crippen LogP contribution in [0, 0.1) is 0 Å². The third kappa shape index (κ3) is 4.00. The normalized spacial score (nSPS) is 13.6. The highest BCUT2D eigenvalue weighted by atomic mass is 15.3. The van der Waals surface area contributed by atoms with Gasteiger partial charge in [-0.15, -0.1) is 5.10 Å². The largest absolute Gasteiger partial charge is 0.309 e. The van der Waals surface area contributed by atoms with E-state index >= 15 is 0 Å². The van der Waals surface area contributed by atoms with Crippen LogP contribution >= 0.6 is 0 Å². The standard InChI is InChI=1S/C52H33N5/c1-52(2)40-20-7-5-15-37(40)46-39(19-10-21-41(46)52)49-38-16-6-8-22-42(38)57-51(53-49)54-50(55-57)31-24-27-32(28-25-31)56-43-23-11-18-36-34-14-4-3-13-33(34)35-17-9-12-30-26-29-44(56)48(45(30)35)47(36)43/h3-29H,1-2H3. The van der Waals surface area contributed by atoms with Gasteiger partial charge in [-0.1, -0.05) is 135 Å². The van der Waals surface area contributed by atoms with Gasteiger partial charge in [0.05, 0.1) is 22.2 Å². The fourth-order valence-corrected chi connectivity index (χ4v) is 10.2. The second kappa shape index (κ2) is 10.9. The molecule has 5 nitrogen and oxygen atoms in total. The Morgan fingerprint density at radius 1 is 0.456 bits per heavy atom. The van der Waals surface area contributed by atoms with Crippen molar-refractivity contribution < 1.29 is 0 Å². The number of rotatable bonds is 3. The van der Waals surface area contributed by atoms with E-state index in [1.807, 2.05) is 4.52 Å². The molecule has 0 spiro atoms. The molecule has 0 fully saturated rings. The highest BCUT2D eigenvalue weighted by Crippen LogP contribution is 2.53. The lowest BCUT2D eigenvalue weighted by Gasteiger charge is -2.21. The van der Waals surface area contributed by atoms with Crippen LogP contribution in [0.5, 0.6) is 0 Å². The second-order valence-electron chi connectivity index (χ2n) is 16.0. The minimum absolute atomic E-state index is 0.102. The van der Waals surface area contributed by atoms with Crippen molar-refractivity contribution >= 4 is 49.3 Å². The highest BCUT2D eigenvalue weighted by molar-refractivity contribution is 6.30. The van der Waals surface area contributed by atoms with Gasteiger partial charge in [0.2, 0.25) is 0 Å². The molecule has 0 aliphatic heterocycles. The summed E-state index contributed by atoms with van der Waals surface area (Å²) in [6, 6.07) is 59.4. The average Bonchev–Trinajstić information content (AvgIpc) is 3.89. The van der Waals surface area contributed by atoms with Crippen LogP contribution in [0.15, 0.2) is 164 Å². The molecule has 0 amide bonds. The smallest absolute Gasteiger partial charge is 0.253 e. The summed E-state index contributed by atoms with van der Waals surface area (Å²) in [5.74, 6) is 1.23. The number of nitrogens with zero attached hydrogens (tertiary/aromatic N) is 5. The van der Waals surface area contributed by atoms with E-state index in [9.17, 15) is 0 Å². The number of hydrogen-bond acceptors (Lipinski definition) is 3. The summed E-state index contributed by atoms with van der Waals surface area (Å²) in [5.41, 5.74) is 17.7. The lowest BCUT2D eigenvalue weighted by molar-refractivity contribution is 0.660. The predicted octanol–water partition coefficient (Wildman–Crippen LogP) is 12.8. The lowest BCUT2D eigenvalue weighted by Crippen LogP contribution is -2.14. The van der Waals surface area contributed by atoms with Crippen LogP contribution in [0.1, 0.15) is 25.0 Å². The van der Waals surface area contributed by atoms with Crippen molar-refractivity contribution in [3.63, 3.8) is 0 Å². The molecule has 5 heteroatoms. The molecule has 3 heterocycles. The minimum atomic E-state index is -0.102. The Hall–Kier alpha value is -7.37. The van der Waals surface area contributed by atoms with Gasteiger partial charge in [0.25, 0.3) is 5.78 Å². The first-order chi connectivity index (χ1) is 28.0. The zero-order chi connectivity index (χ0) is 37.6. The Labute approximate surface area is 328 Å². The Balaban J connectivity index is 0.976. The maximum atomic E-state index is 5.29. The summed E-state index contributed by atoms with van der Waals surface area (Å²) in [5, 5.41) is 11.3. The van der Waals surface area contributed by atoms with E-state index in [0.29, 0.717) is 11.6 Å². The van der Waals surface area contributed by atoms with Crippen LogP contribution in [0.4, 0.5) is 0 Å². The van der Waals surface area contributed by atoms with Gasteiger partial charge in [-0.25, -0.2) is 4.98 Å². The van der Waals surface area contributed by atoms with Gasteiger partial charge in [-0.3, -0.25) is 0 Å².